The molecule has 6 heteroatoms. The van der Waals surface area contributed by atoms with Crippen LogP contribution in [0, 0.1) is 0 Å². The van der Waals surface area contributed by atoms with Gasteiger partial charge in [0.1, 0.15) is 5.75 Å². The standard InChI is InChI=1S/C20H19F3O3/c1-2-3-4-5-14-6-8-16(9-7-14)19(25)26-17-12-10-15(11-13-17)18(24)20(21,22)23/h6-13H,2-5H2,1H3. The fraction of sp³-hybridized carbons (Fsp3) is 0.300. The van der Waals surface area contributed by atoms with Gasteiger partial charge >= 0.3 is 12.1 Å². The number of carbonyl (C=O) groups is 2. The maximum Gasteiger partial charge on any atom is 0.454 e. The van der Waals surface area contributed by atoms with E-state index >= 15 is 0 Å². The Morgan fingerprint density at radius 2 is 1.46 bits per heavy atom. The molecule has 138 valence electrons. The number of alkyl halides is 3. The van der Waals surface area contributed by atoms with E-state index in [1.165, 1.54) is 0 Å². The van der Waals surface area contributed by atoms with Gasteiger partial charge in [-0.15, -0.1) is 0 Å². The number of hydrogen-bond donors (Lipinski definition) is 0. The average Bonchev–Trinajstić information content (AvgIpc) is 2.62. The van der Waals surface area contributed by atoms with E-state index in [-0.39, 0.29) is 5.75 Å². The van der Waals surface area contributed by atoms with Gasteiger partial charge in [0.25, 0.3) is 5.78 Å². The molecule has 0 amide bonds. The minimum atomic E-state index is -4.93. The van der Waals surface area contributed by atoms with E-state index in [1.54, 1.807) is 12.1 Å². The highest BCUT2D eigenvalue weighted by molar-refractivity contribution is 6.00. The first-order valence-electron chi connectivity index (χ1n) is 8.34. The van der Waals surface area contributed by atoms with Gasteiger partial charge in [0.2, 0.25) is 0 Å². The van der Waals surface area contributed by atoms with Crippen molar-refractivity contribution in [2.24, 2.45) is 0 Å². The summed E-state index contributed by atoms with van der Waals surface area (Å²) in [7, 11) is 0. The summed E-state index contributed by atoms with van der Waals surface area (Å²) in [5, 5.41) is 0. The van der Waals surface area contributed by atoms with Crippen LogP contribution in [0.2, 0.25) is 0 Å². The fourth-order valence-electron chi connectivity index (χ4n) is 2.39. The molecule has 0 saturated heterocycles. The Bertz CT molecular complexity index is 747. The minimum Gasteiger partial charge on any atom is -0.423 e. The number of rotatable bonds is 7. The van der Waals surface area contributed by atoms with Crippen molar-refractivity contribution in [2.45, 2.75) is 38.8 Å². The second-order valence-corrected chi connectivity index (χ2v) is 5.89. The van der Waals surface area contributed by atoms with Crippen LogP contribution in [-0.4, -0.2) is 17.9 Å². The quantitative estimate of drug-likeness (QED) is 0.287. The van der Waals surface area contributed by atoms with Gasteiger partial charge < -0.3 is 4.74 Å². The third-order valence-electron chi connectivity index (χ3n) is 3.84. The van der Waals surface area contributed by atoms with Gasteiger partial charge in [-0.3, -0.25) is 4.79 Å². The van der Waals surface area contributed by atoms with Crippen LogP contribution in [0.3, 0.4) is 0 Å². The molecule has 0 fully saturated rings. The van der Waals surface area contributed by atoms with Gasteiger partial charge in [-0.05, 0) is 54.8 Å². The van der Waals surface area contributed by atoms with Crippen LogP contribution >= 0.6 is 0 Å². The summed E-state index contributed by atoms with van der Waals surface area (Å²) in [6.45, 7) is 2.13. The Labute approximate surface area is 149 Å². The zero-order valence-corrected chi connectivity index (χ0v) is 14.3. The van der Waals surface area contributed by atoms with E-state index in [1.807, 2.05) is 12.1 Å². The number of aryl methyl sites for hydroxylation is 1. The molecule has 0 aliphatic rings. The van der Waals surface area contributed by atoms with E-state index in [2.05, 4.69) is 6.92 Å². The molecule has 0 N–H and O–H groups in total. The molecule has 2 aromatic carbocycles. The van der Waals surface area contributed by atoms with Crippen molar-refractivity contribution < 1.29 is 27.5 Å². The summed E-state index contributed by atoms with van der Waals surface area (Å²) in [5.41, 5.74) is 0.971. The highest BCUT2D eigenvalue weighted by Gasteiger charge is 2.39. The van der Waals surface area contributed by atoms with Gasteiger partial charge in [-0.1, -0.05) is 31.9 Å². The first-order valence-corrected chi connectivity index (χ1v) is 8.34. The minimum absolute atomic E-state index is 0.0701. The Balaban J connectivity index is 1.98. The van der Waals surface area contributed by atoms with Crippen molar-refractivity contribution in [3.63, 3.8) is 0 Å². The molecule has 0 aliphatic carbocycles. The summed E-state index contributed by atoms with van der Waals surface area (Å²) in [6, 6.07) is 11.3. The maximum atomic E-state index is 12.4. The van der Waals surface area contributed by atoms with Crippen LogP contribution < -0.4 is 4.74 Å². The number of hydrogen-bond acceptors (Lipinski definition) is 3. The molecule has 0 aromatic heterocycles. The number of carbonyl (C=O) groups excluding carboxylic acids is 2. The predicted octanol–water partition coefficient (Wildman–Crippen LogP) is 5.38. The van der Waals surface area contributed by atoms with E-state index in [0.717, 1.165) is 55.5 Å². The van der Waals surface area contributed by atoms with Crippen LogP contribution in [0.5, 0.6) is 5.75 Å². The second kappa shape index (κ2) is 8.65. The Kier molecular flexibility index (Phi) is 6.55. The highest BCUT2D eigenvalue weighted by Crippen LogP contribution is 2.23. The smallest absolute Gasteiger partial charge is 0.423 e. The molecular weight excluding hydrogens is 345 g/mol. The lowest BCUT2D eigenvalue weighted by Gasteiger charge is -2.08. The SMILES string of the molecule is CCCCCc1ccc(C(=O)Oc2ccc(C(=O)C(F)(F)F)cc2)cc1. The number of unbranched alkanes of at least 4 members (excludes halogenated alkanes) is 2. The summed E-state index contributed by atoms with van der Waals surface area (Å²) >= 11 is 0. The van der Waals surface area contributed by atoms with Crippen LogP contribution in [0.4, 0.5) is 13.2 Å². The lowest BCUT2D eigenvalue weighted by Crippen LogP contribution is -2.22. The number of benzene rings is 2. The van der Waals surface area contributed by atoms with Crippen molar-refractivity contribution in [1.82, 2.24) is 0 Å². The van der Waals surface area contributed by atoms with Crippen molar-refractivity contribution in [1.29, 1.82) is 0 Å². The molecule has 0 radical (unpaired) electrons. The largest absolute Gasteiger partial charge is 0.454 e. The summed E-state index contributed by atoms with van der Waals surface area (Å²) in [5.74, 6) is -2.48. The molecule has 2 rings (SSSR count). The van der Waals surface area contributed by atoms with Crippen LogP contribution in [-0.2, 0) is 6.42 Å². The van der Waals surface area contributed by atoms with E-state index in [9.17, 15) is 22.8 Å². The zero-order valence-electron chi connectivity index (χ0n) is 14.3. The molecular formula is C20H19F3O3. The monoisotopic (exact) mass is 364 g/mol. The van der Waals surface area contributed by atoms with Crippen molar-refractivity contribution in [3.8, 4) is 5.75 Å². The van der Waals surface area contributed by atoms with Crippen molar-refractivity contribution >= 4 is 11.8 Å². The van der Waals surface area contributed by atoms with Gasteiger partial charge in [-0.2, -0.15) is 13.2 Å². The molecule has 0 bridgehead atoms. The Hall–Kier alpha value is -2.63. The number of Topliss-reactive ketones (excluding diaryl/α,β-unsaturated/α-hetero) is 1. The molecule has 0 unspecified atom stereocenters. The van der Waals surface area contributed by atoms with Gasteiger partial charge in [0.15, 0.2) is 0 Å². The van der Waals surface area contributed by atoms with Crippen LogP contribution in [0.25, 0.3) is 0 Å². The van der Waals surface area contributed by atoms with E-state index in [0.29, 0.717) is 5.56 Å². The van der Waals surface area contributed by atoms with Gasteiger partial charge in [-0.25, -0.2) is 4.79 Å². The molecule has 0 saturated carbocycles. The lowest BCUT2D eigenvalue weighted by atomic mass is 10.1. The number of ketones is 1. The Morgan fingerprint density at radius 1 is 0.885 bits per heavy atom. The highest BCUT2D eigenvalue weighted by atomic mass is 19.4. The lowest BCUT2D eigenvalue weighted by molar-refractivity contribution is -0.0885. The third-order valence-corrected chi connectivity index (χ3v) is 3.84. The van der Waals surface area contributed by atoms with E-state index in [4.69, 9.17) is 4.74 Å². The number of esters is 1. The molecule has 0 aliphatic heterocycles. The van der Waals surface area contributed by atoms with Crippen LogP contribution in [0.1, 0.15) is 52.5 Å². The molecule has 0 spiro atoms. The van der Waals surface area contributed by atoms with Crippen LogP contribution in [0.15, 0.2) is 48.5 Å². The molecule has 0 heterocycles. The van der Waals surface area contributed by atoms with Crippen molar-refractivity contribution in [3.05, 3.63) is 65.2 Å². The Morgan fingerprint density at radius 3 is 2.00 bits per heavy atom. The molecule has 0 atom stereocenters. The molecule has 3 nitrogen and oxygen atoms in total. The summed E-state index contributed by atoms with van der Waals surface area (Å²) in [4.78, 5) is 23.2. The normalized spacial score (nSPS) is 11.2. The number of ether oxygens (including phenoxy) is 1. The predicted molar refractivity (Wildman–Crippen MR) is 91.5 cm³/mol. The number of halogens is 3. The van der Waals surface area contributed by atoms with Crippen molar-refractivity contribution in [2.75, 3.05) is 0 Å². The topological polar surface area (TPSA) is 43.4 Å². The maximum absolute atomic E-state index is 12.4. The first kappa shape index (κ1) is 19.7. The fourth-order valence-corrected chi connectivity index (χ4v) is 2.39. The van der Waals surface area contributed by atoms with Gasteiger partial charge in [0, 0.05) is 5.56 Å². The second-order valence-electron chi connectivity index (χ2n) is 5.89. The summed E-state index contributed by atoms with van der Waals surface area (Å²) < 4.78 is 42.2. The first-order chi connectivity index (χ1) is 12.3. The molecule has 2 aromatic rings. The summed E-state index contributed by atoms with van der Waals surface area (Å²) in [6.07, 6.45) is -0.618. The van der Waals surface area contributed by atoms with E-state index < -0.39 is 23.5 Å². The van der Waals surface area contributed by atoms with Gasteiger partial charge in [0.05, 0.1) is 5.56 Å². The average molecular weight is 364 g/mol. The third kappa shape index (κ3) is 5.44. The molecule has 26 heavy (non-hydrogen) atoms. The zero-order chi connectivity index (χ0) is 19.2.